The van der Waals surface area contributed by atoms with E-state index in [-0.39, 0.29) is 23.0 Å². The molecule has 0 saturated heterocycles. The van der Waals surface area contributed by atoms with Gasteiger partial charge in [0.25, 0.3) is 0 Å². The zero-order chi connectivity index (χ0) is 28.6. The standard InChI is InChI=1S/C31H28F7NO/c1-29-11-9-18(40-31(37,38)23-24(32)26(34)28(36)27(35)25(23)33)14-17(29)5-6-19-21-8-7-20(16-4-3-13-39-15-16)30(21,2)12-10-22(19)29/h3-5,7,13-15,19,21-22H,6,8-12H2,1-2H3/t19-,21-,22-,29-,30+/m0/s1. The van der Waals surface area contributed by atoms with E-state index in [4.69, 9.17) is 4.74 Å². The molecule has 0 spiro atoms. The number of ether oxygens (including phenoxy) is 1. The number of alkyl halides is 2. The molecule has 0 aliphatic heterocycles. The van der Waals surface area contributed by atoms with Crippen LogP contribution < -0.4 is 0 Å². The average molecular weight is 564 g/mol. The summed E-state index contributed by atoms with van der Waals surface area (Å²) in [6, 6.07) is 4.03. The van der Waals surface area contributed by atoms with E-state index in [0.717, 1.165) is 36.8 Å². The fourth-order valence-corrected chi connectivity index (χ4v) is 7.99. The number of halogens is 7. The van der Waals surface area contributed by atoms with Crippen LogP contribution in [0.15, 0.2) is 54.1 Å². The van der Waals surface area contributed by atoms with Gasteiger partial charge >= 0.3 is 6.11 Å². The number of hydrogen-bond acceptors (Lipinski definition) is 2. The molecule has 5 atom stereocenters. The zero-order valence-corrected chi connectivity index (χ0v) is 22.0. The summed E-state index contributed by atoms with van der Waals surface area (Å²) in [6.45, 7) is 4.45. The van der Waals surface area contributed by atoms with Crippen LogP contribution in [-0.4, -0.2) is 4.98 Å². The normalized spacial score (nSPS) is 31.4. The molecule has 0 unspecified atom stereocenters. The Bertz CT molecular complexity index is 1440. The highest BCUT2D eigenvalue weighted by Crippen LogP contribution is 2.66. The second-order valence-electron chi connectivity index (χ2n) is 11.9. The van der Waals surface area contributed by atoms with Crippen molar-refractivity contribution in [3.63, 3.8) is 0 Å². The van der Waals surface area contributed by atoms with Crippen LogP contribution in [0.2, 0.25) is 0 Å². The molecule has 0 N–H and O–H groups in total. The van der Waals surface area contributed by atoms with E-state index in [9.17, 15) is 30.7 Å². The lowest BCUT2D eigenvalue weighted by Gasteiger charge is -2.56. The number of hydrogen-bond donors (Lipinski definition) is 0. The van der Waals surface area contributed by atoms with E-state index in [1.54, 1.807) is 6.20 Å². The van der Waals surface area contributed by atoms with Crippen LogP contribution in [0, 0.1) is 57.7 Å². The molecule has 40 heavy (non-hydrogen) atoms. The van der Waals surface area contributed by atoms with Crippen molar-refractivity contribution >= 4 is 5.57 Å². The van der Waals surface area contributed by atoms with Crippen LogP contribution in [0.4, 0.5) is 30.7 Å². The molecule has 4 aliphatic rings. The number of pyridine rings is 1. The molecular weight excluding hydrogens is 535 g/mol. The molecule has 1 saturated carbocycles. The van der Waals surface area contributed by atoms with Crippen molar-refractivity contribution in [2.75, 3.05) is 0 Å². The maximum atomic E-state index is 14.9. The molecule has 212 valence electrons. The van der Waals surface area contributed by atoms with Crippen LogP contribution in [0.5, 0.6) is 0 Å². The Morgan fingerprint density at radius 2 is 1.57 bits per heavy atom. The Kier molecular flexibility index (Phi) is 6.24. The van der Waals surface area contributed by atoms with Gasteiger partial charge in [0, 0.05) is 18.8 Å². The number of fused-ring (bicyclic) bond motifs is 5. The minimum Gasteiger partial charge on any atom is -0.433 e. The van der Waals surface area contributed by atoms with Gasteiger partial charge in [0.2, 0.25) is 5.82 Å². The lowest BCUT2D eigenvalue weighted by atomic mass is 9.48. The third kappa shape index (κ3) is 3.86. The maximum Gasteiger partial charge on any atom is 0.432 e. The molecule has 2 nitrogen and oxygen atoms in total. The van der Waals surface area contributed by atoms with Crippen LogP contribution in [0.1, 0.15) is 63.5 Å². The summed E-state index contributed by atoms with van der Waals surface area (Å²) in [5, 5.41) is 0. The first-order valence-electron chi connectivity index (χ1n) is 13.5. The molecule has 1 heterocycles. The molecule has 0 radical (unpaired) electrons. The zero-order valence-electron chi connectivity index (χ0n) is 22.0. The summed E-state index contributed by atoms with van der Waals surface area (Å²) >= 11 is 0. The van der Waals surface area contributed by atoms with E-state index in [1.807, 2.05) is 18.3 Å². The quantitative estimate of drug-likeness (QED) is 0.210. The molecule has 1 fully saturated rings. The van der Waals surface area contributed by atoms with Crippen molar-refractivity contribution in [1.82, 2.24) is 4.98 Å². The minimum absolute atomic E-state index is 0.0145. The lowest BCUT2D eigenvalue weighted by molar-refractivity contribution is -0.230. The van der Waals surface area contributed by atoms with Crippen molar-refractivity contribution in [3.8, 4) is 0 Å². The topological polar surface area (TPSA) is 22.1 Å². The maximum absolute atomic E-state index is 14.9. The van der Waals surface area contributed by atoms with Gasteiger partial charge in [-0.1, -0.05) is 32.1 Å². The smallest absolute Gasteiger partial charge is 0.432 e. The molecule has 9 heteroatoms. The first kappa shape index (κ1) is 27.1. The average Bonchev–Trinajstić information content (AvgIpc) is 3.28. The van der Waals surface area contributed by atoms with Crippen molar-refractivity contribution < 1.29 is 35.5 Å². The van der Waals surface area contributed by atoms with Crippen LogP contribution in [-0.2, 0) is 10.8 Å². The van der Waals surface area contributed by atoms with Gasteiger partial charge in [0.05, 0.1) is 0 Å². The number of nitrogens with zero attached hydrogens (tertiary/aromatic N) is 1. The fraction of sp³-hybridized carbons (Fsp3) is 0.452. The van der Waals surface area contributed by atoms with Crippen molar-refractivity contribution in [3.05, 3.63) is 94.3 Å². The molecule has 1 aromatic carbocycles. The van der Waals surface area contributed by atoms with Gasteiger partial charge in [0.15, 0.2) is 23.3 Å². The van der Waals surface area contributed by atoms with Gasteiger partial charge < -0.3 is 4.74 Å². The summed E-state index contributed by atoms with van der Waals surface area (Å²) in [4.78, 5) is 4.30. The largest absolute Gasteiger partial charge is 0.433 e. The molecule has 0 amide bonds. The van der Waals surface area contributed by atoms with Gasteiger partial charge in [-0.05, 0) is 89.5 Å². The molecule has 4 aliphatic carbocycles. The van der Waals surface area contributed by atoms with Crippen molar-refractivity contribution in [1.29, 1.82) is 0 Å². The van der Waals surface area contributed by atoms with Gasteiger partial charge in [-0.15, -0.1) is 0 Å². The third-order valence-electron chi connectivity index (χ3n) is 10.0. The molecule has 0 bridgehead atoms. The fourth-order valence-electron chi connectivity index (χ4n) is 7.99. The highest BCUT2D eigenvalue weighted by atomic mass is 19.3. The molecular formula is C31H28F7NO. The molecule has 6 rings (SSSR count). The SMILES string of the molecule is C[C@]12CCC(OC(F)(F)c3c(F)c(F)c(F)c(F)c3F)=CC1=CC[C@@H]1[C@@H]2CC[C@]2(C)C(c3cccnc3)=CC[C@@H]12. The second kappa shape index (κ2) is 9.21. The highest BCUT2D eigenvalue weighted by molar-refractivity contribution is 5.72. The van der Waals surface area contributed by atoms with E-state index >= 15 is 0 Å². The predicted octanol–water partition coefficient (Wildman–Crippen LogP) is 8.99. The third-order valence-corrected chi connectivity index (χ3v) is 10.0. The van der Waals surface area contributed by atoms with Gasteiger partial charge in [0.1, 0.15) is 11.3 Å². The predicted molar refractivity (Wildman–Crippen MR) is 134 cm³/mol. The molecule has 1 aromatic heterocycles. The van der Waals surface area contributed by atoms with Gasteiger partial charge in [-0.3, -0.25) is 4.98 Å². The van der Waals surface area contributed by atoms with Crippen molar-refractivity contribution in [2.45, 2.75) is 58.5 Å². The second-order valence-corrected chi connectivity index (χ2v) is 11.9. The number of aromatic nitrogens is 1. The summed E-state index contributed by atoms with van der Waals surface area (Å²) in [6.07, 6.45) is 8.89. The number of allylic oxidation sites excluding steroid dienone is 6. The highest BCUT2D eigenvalue weighted by Gasteiger charge is 2.57. The Morgan fingerprint density at radius 1 is 0.875 bits per heavy atom. The summed E-state index contributed by atoms with van der Waals surface area (Å²) in [5.74, 6) is -11.7. The summed E-state index contributed by atoms with van der Waals surface area (Å²) in [7, 11) is 0. The Labute approximate surface area is 227 Å². The Morgan fingerprint density at radius 3 is 2.25 bits per heavy atom. The summed E-state index contributed by atoms with van der Waals surface area (Å²) < 4.78 is 103. The van der Waals surface area contributed by atoms with Crippen molar-refractivity contribution in [2.24, 2.45) is 28.6 Å². The van der Waals surface area contributed by atoms with E-state index in [2.05, 4.69) is 31.0 Å². The van der Waals surface area contributed by atoms with E-state index in [1.165, 1.54) is 11.6 Å². The monoisotopic (exact) mass is 563 g/mol. The number of rotatable bonds is 4. The van der Waals surface area contributed by atoms with Gasteiger partial charge in [-0.2, -0.15) is 8.78 Å². The first-order chi connectivity index (χ1) is 18.9. The van der Waals surface area contributed by atoms with Crippen LogP contribution in [0.25, 0.3) is 5.57 Å². The Hall–Kier alpha value is -3.10. The lowest BCUT2D eigenvalue weighted by Crippen LogP contribution is -2.48. The first-order valence-corrected chi connectivity index (χ1v) is 13.5. The van der Waals surface area contributed by atoms with Gasteiger partial charge in [-0.25, -0.2) is 22.0 Å². The molecule has 2 aromatic rings. The van der Waals surface area contributed by atoms with Crippen LogP contribution in [0.3, 0.4) is 0 Å². The summed E-state index contributed by atoms with van der Waals surface area (Å²) in [5.41, 5.74) is 0.694. The van der Waals surface area contributed by atoms with E-state index in [0.29, 0.717) is 24.2 Å². The number of benzene rings is 1. The Balaban J connectivity index is 1.27. The van der Waals surface area contributed by atoms with E-state index < -0.39 is 40.8 Å². The minimum atomic E-state index is -4.76. The van der Waals surface area contributed by atoms with Crippen LogP contribution >= 0.6 is 0 Å².